The van der Waals surface area contributed by atoms with Crippen LogP contribution in [0.3, 0.4) is 0 Å². The van der Waals surface area contributed by atoms with E-state index in [0.29, 0.717) is 4.88 Å². The number of fused-ring (bicyclic) bond motifs is 1. The van der Waals surface area contributed by atoms with E-state index in [4.69, 9.17) is 4.74 Å². The first kappa shape index (κ1) is 19.4. The zero-order valence-electron chi connectivity index (χ0n) is 15.2. The van der Waals surface area contributed by atoms with Gasteiger partial charge in [-0.3, -0.25) is 4.79 Å². The van der Waals surface area contributed by atoms with Gasteiger partial charge in [0.15, 0.2) is 17.4 Å². The number of ketones is 1. The predicted octanol–water partition coefficient (Wildman–Crippen LogP) is 4.75. The molecule has 1 aromatic carbocycles. The van der Waals surface area contributed by atoms with Crippen LogP contribution in [-0.2, 0) is 4.74 Å². The maximum absolute atomic E-state index is 14.5. The number of alkyl carbamates (subject to hydrolysis) is 1. The summed E-state index contributed by atoms with van der Waals surface area (Å²) in [6.45, 7) is 5.18. The number of thiazole rings is 1. The number of hydrogen-bond donors (Lipinski definition) is 1. The van der Waals surface area contributed by atoms with Gasteiger partial charge in [-0.2, -0.15) is 0 Å². The van der Waals surface area contributed by atoms with Crippen molar-refractivity contribution in [1.29, 1.82) is 0 Å². The van der Waals surface area contributed by atoms with Crippen molar-refractivity contribution in [2.45, 2.75) is 51.2 Å². The van der Waals surface area contributed by atoms with Crippen LogP contribution in [0.25, 0.3) is 0 Å². The smallest absolute Gasteiger partial charge is 0.408 e. The summed E-state index contributed by atoms with van der Waals surface area (Å²) in [5, 5.41) is 2.74. The highest BCUT2D eigenvalue weighted by molar-refractivity contribution is 7.10. The average molecular weight is 394 g/mol. The monoisotopic (exact) mass is 394 g/mol. The molecule has 2 atom stereocenters. The molecule has 1 aliphatic carbocycles. The van der Waals surface area contributed by atoms with Gasteiger partial charge in [0.25, 0.3) is 0 Å². The Morgan fingerprint density at radius 3 is 2.78 bits per heavy atom. The van der Waals surface area contributed by atoms with Crippen LogP contribution in [0, 0.1) is 11.6 Å². The Morgan fingerprint density at radius 2 is 2.07 bits per heavy atom. The molecule has 8 heteroatoms. The molecule has 0 saturated heterocycles. The fourth-order valence-corrected chi connectivity index (χ4v) is 4.10. The molecule has 27 heavy (non-hydrogen) atoms. The third-order valence-electron chi connectivity index (χ3n) is 4.28. The number of nitrogens with zero attached hydrogens (tertiary/aromatic N) is 1. The summed E-state index contributed by atoms with van der Waals surface area (Å²) >= 11 is 1.20. The summed E-state index contributed by atoms with van der Waals surface area (Å²) in [6, 6.07) is 3.18. The Kier molecular flexibility index (Phi) is 5.28. The molecule has 144 valence electrons. The SMILES string of the molecule is CC(C)(C)OC(=O)NC1c2scnc2C(=O)CCC1c1cccc(F)c1F. The van der Waals surface area contributed by atoms with Crippen LogP contribution >= 0.6 is 11.3 Å². The number of ether oxygens (including phenoxy) is 1. The van der Waals surface area contributed by atoms with Crippen molar-refractivity contribution in [3.63, 3.8) is 0 Å². The number of hydrogen-bond acceptors (Lipinski definition) is 5. The third kappa shape index (κ3) is 4.16. The number of halogens is 2. The number of amides is 1. The maximum Gasteiger partial charge on any atom is 0.408 e. The molecule has 0 spiro atoms. The van der Waals surface area contributed by atoms with E-state index in [0.717, 1.165) is 6.07 Å². The number of nitrogens with one attached hydrogen (secondary N) is 1. The van der Waals surface area contributed by atoms with Gasteiger partial charge in [0, 0.05) is 12.3 Å². The van der Waals surface area contributed by atoms with E-state index in [1.54, 1.807) is 20.8 Å². The summed E-state index contributed by atoms with van der Waals surface area (Å²) in [5.74, 6) is -2.75. The molecule has 2 unspecified atom stereocenters. The molecule has 5 nitrogen and oxygen atoms in total. The Hall–Kier alpha value is -2.35. The summed E-state index contributed by atoms with van der Waals surface area (Å²) in [7, 11) is 0. The molecule has 1 aromatic heterocycles. The van der Waals surface area contributed by atoms with Crippen LogP contribution in [-0.4, -0.2) is 22.5 Å². The minimum atomic E-state index is -0.973. The topological polar surface area (TPSA) is 68.3 Å². The van der Waals surface area contributed by atoms with Gasteiger partial charge in [0.1, 0.15) is 11.3 Å². The van der Waals surface area contributed by atoms with Crippen molar-refractivity contribution in [2.24, 2.45) is 0 Å². The molecular formula is C19H20F2N2O3S. The van der Waals surface area contributed by atoms with Crippen LogP contribution in [0.1, 0.15) is 66.5 Å². The van der Waals surface area contributed by atoms with Crippen molar-refractivity contribution in [1.82, 2.24) is 10.3 Å². The van der Waals surface area contributed by atoms with Crippen molar-refractivity contribution < 1.29 is 23.1 Å². The lowest BCUT2D eigenvalue weighted by Gasteiger charge is -2.28. The van der Waals surface area contributed by atoms with Crippen LogP contribution in [0.5, 0.6) is 0 Å². The fourth-order valence-electron chi connectivity index (χ4n) is 3.18. The number of Topliss-reactive ketones (excluding diaryl/α,β-unsaturated/α-hetero) is 1. The van der Waals surface area contributed by atoms with E-state index in [1.807, 2.05) is 0 Å². The van der Waals surface area contributed by atoms with E-state index in [-0.39, 0.29) is 29.9 Å². The summed E-state index contributed by atoms with van der Waals surface area (Å²) in [6.07, 6.45) is -0.310. The van der Waals surface area contributed by atoms with Gasteiger partial charge in [-0.1, -0.05) is 12.1 Å². The highest BCUT2D eigenvalue weighted by Gasteiger charge is 2.37. The van der Waals surface area contributed by atoms with E-state index in [9.17, 15) is 18.4 Å². The van der Waals surface area contributed by atoms with Crippen LogP contribution in [0.4, 0.5) is 13.6 Å². The largest absolute Gasteiger partial charge is 0.444 e. The second-order valence-electron chi connectivity index (χ2n) is 7.40. The number of benzene rings is 1. The molecule has 0 aliphatic heterocycles. The highest BCUT2D eigenvalue weighted by Crippen LogP contribution is 2.42. The summed E-state index contributed by atoms with van der Waals surface area (Å²) in [4.78, 5) is 29.4. The lowest BCUT2D eigenvalue weighted by atomic mass is 9.87. The van der Waals surface area contributed by atoms with Crippen molar-refractivity contribution in [2.75, 3.05) is 0 Å². The van der Waals surface area contributed by atoms with Gasteiger partial charge < -0.3 is 10.1 Å². The van der Waals surface area contributed by atoms with Gasteiger partial charge in [-0.25, -0.2) is 18.6 Å². The van der Waals surface area contributed by atoms with Gasteiger partial charge in [0.2, 0.25) is 0 Å². The fraction of sp³-hybridized carbons (Fsp3) is 0.421. The molecule has 0 fully saturated rings. The molecule has 0 bridgehead atoms. The van der Waals surface area contributed by atoms with E-state index < -0.39 is 35.3 Å². The third-order valence-corrected chi connectivity index (χ3v) is 5.19. The van der Waals surface area contributed by atoms with Crippen LogP contribution in [0.2, 0.25) is 0 Å². The Morgan fingerprint density at radius 1 is 1.33 bits per heavy atom. The minimum absolute atomic E-state index is 0.116. The Labute approximate surface area is 159 Å². The zero-order chi connectivity index (χ0) is 19.8. The molecule has 2 aromatic rings. The predicted molar refractivity (Wildman–Crippen MR) is 96.9 cm³/mol. The van der Waals surface area contributed by atoms with Crippen LogP contribution < -0.4 is 5.32 Å². The molecule has 3 rings (SSSR count). The van der Waals surface area contributed by atoms with Crippen molar-refractivity contribution >= 4 is 23.2 Å². The van der Waals surface area contributed by atoms with Crippen LogP contribution in [0.15, 0.2) is 23.7 Å². The normalized spacial score (nSPS) is 20.0. The lowest BCUT2D eigenvalue weighted by molar-refractivity contribution is 0.0495. The van der Waals surface area contributed by atoms with Gasteiger partial charge in [-0.05, 0) is 38.8 Å². The number of carbonyl (C=O) groups is 2. The highest BCUT2D eigenvalue weighted by atomic mass is 32.1. The van der Waals surface area contributed by atoms with Gasteiger partial charge in [-0.15, -0.1) is 11.3 Å². The molecule has 1 N–H and O–H groups in total. The molecule has 1 heterocycles. The van der Waals surface area contributed by atoms with E-state index in [1.165, 1.54) is 29.0 Å². The average Bonchev–Trinajstić information content (AvgIpc) is 3.00. The molecule has 0 saturated carbocycles. The first-order valence-electron chi connectivity index (χ1n) is 8.57. The zero-order valence-corrected chi connectivity index (χ0v) is 16.0. The Balaban J connectivity index is 2.03. The quantitative estimate of drug-likeness (QED) is 0.747. The number of aromatic nitrogens is 1. The van der Waals surface area contributed by atoms with Crippen molar-refractivity contribution in [3.8, 4) is 0 Å². The lowest BCUT2D eigenvalue weighted by Crippen LogP contribution is -2.37. The molecular weight excluding hydrogens is 374 g/mol. The molecule has 1 aliphatic rings. The number of rotatable bonds is 2. The summed E-state index contributed by atoms with van der Waals surface area (Å²) < 4.78 is 33.6. The van der Waals surface area contributed by atoms with Crippen molar-refractivity contribution in [3.05, 3.63) is 51.5 Å². The first-order chi connectivity index (χ1) is 12.7. The maximum atomic E-state index is 14.5. The molecule has 0 radical (unpaired) electrons. The van der Waals surface area contributed by atoms with Gasteiger partial charge in [0.05, 0.1) is 16.4 Å². The standard InChI is InChI=1S/C19H20F2N2O3S/c1-19(2,3)26-18(25)23-15-11(10-5-4-6-12(20)14(10)21)7-8-13(24)16-17(15)27-9-22-16/h4-6,9,11,15H,7-8H2,1-3H3,(H,23,25). The number of carbonyl (C=O) groups excluding carboxylic acids is 2. The second-order valence-corrected chi connectivity index (χ2v) is 8.29. The Bertz CT molecular complexity index is 876. The first-order valence-corrected chi connectivity index (χ1v) is 9.45. The minimum Gasteiger partial charge on any atom is -0.444 e. The molecule has 1 amide bonds. The van der Waals surface area contributed by atoms with E-state index >= 15 is 0 Å². The van der Waals surface area contributed by atoms with E-state index in [2.05, 4.69) is 10.3 Å². The van der Waals surface area contributed by atoms with Gasteiger partial charge >= 0.3 is 6.09 Å². The second kappa shape index (κ2) is 7.34. The summed E-state index contributed by atoms with van der Waals surface area (Å²) in [5.41, 5.74) is 1.17.